The lowest BCUT2D eigenvalue weighted by Gasteiger charge is -2.25. The van der Waals surface area contributed by atoms with Crippen molar-refractivity contribution in [3.63, 3.8) is 0 Å². The number of aliphatic hydroxyl groups excluding tert-OH is 1. The Balaban J connectivity index is 2.34. The Morgan fingerprint density at radius 1 is 1.13 bits per heavy atom. The summed E-state index contributed by atoms with van der Waals surface area (Å²) in [4.78, 5) is 12.5. The first-order valence-corrected chi connectivity index (χ1v) is 7.46. The molecule has 23 heavy (non-hydrogen) atoms. The molecule has 2 aromatic carbocycles. The van der Waals surface area contributed by atoms with E-state index in [4.69, 9.17) is 4.74 Å². The van der Waals surface area contributed by atoms with Crippen LogP contribution in [0.4, 0.5) is 5.69 Å². The lowest BCUT2D eigenvalue weighted by Crippen LogP contribution is -2.33. The Morgan fingerprint density at radius 2 is 1.78 bits per heavy atom. The summed E-state index contributed by atoms with van der Waals surface area (Å²) in [6.45, 7) is 0. The fourth-order valence-electron chi connectivity index (χ4n) is 2.18. The summed E-state index contributed by atoms with van der Waals surface area (Å²) in [7, 11) is 2.81. The van der Waals surface area contributed by atoms with E-state index >= 15 is 0 Å². The molecule has 0 spiro atoms. The molecular formula is C17H19NO4S. The molecule has 0 aliphatic heterocycles. The van der Waals surface area contributed by atoms with Gasteiger partial charge in [0.1, 0.15) is 5.75 Å². The van der Waals surface area contributed by atoms with Crippen molar-refractivity contribution in [1.29, 1.82) is 0 Å². The Bertz CT molecular complexity index is 660. The minimum Gasteiger partial charge on any atom is -0.497 e. The fraction of sp³-hybridized carbons (Fsp3) is 0.235. The lowest BCUT2D eigenvalue weighted by molar-refractivity contribution is -0.151. The number of hydrogen-bond donors (Lipinski definition) is 3. The molecule has 0 aromatic heterocycles. The van der Waals surface area contributed by atoms with E-state index in [1.807, 2.05) is 24.3 Å². The molecule has 0 amide bonds. The quantitative estimate of drug-likeness (QED) is 0.560. The first kappa shape index (κ1) is 17.2. The zero-order valence-corrected chi connectivity index (χ0v) is 13.8. The van der Waals surface area contributed by atoms with Gasteiger partial charge in [0, 0.05) is 10.6 Å². The maximum atomic E-state index is 11.8. The number of para-hydroxylation sites is 1. The molecule has 0 fully saturated rings. The molecule has 0 saturated carbocycles. The first-order chi connectivity index (χ1) is 11.1. The number of methoxy groups -OCH3 is 2. The van der Waals surface area contributed by atoms with Crippen LogP contribution >= 0.6 is 12.6 Å². The molecule has 122 valence electrons. The molecule has 0 aliphatic rings. The average molecular weight is 333 g/mol. The van der Waals surface area contributed by atoms with Crippen molar-refractivity contribution < 1.29 is 19.4 Å². The van der Waals surface area contributed by atoms with Gasteiger partial charge in [-0.05, 0) is 29.8 Å². The Kier molecular flexibility index (Phi) is 5.90. The van der Waals surface area contributed by atoms with Crippen LogP contribution in [-0.4, -0.2) is 31.4 Å². The van der Waals surface area contributed by atoms with Crippen molar-refractivity contribution in [1.82, 2.24) is 0 Å². The van der Waals surface area contributed by atoms with Crippen molar-refractivity contribution in [2.24, 2.45) is 0 Å². The van der Waals surface area contributed by atoms with Gasteiger partial charge < -0.3 is 19.9 Å². The van der Waals surface area contributed by atoms with Crippen LogP contribution < -0.4 is 10.1 Å². The summed E-state index contributed by atoms with van der Waals surface area (Å²) in [5, 5.41) is 13.5. The standard InChI is InChI=1S/C17H19NO4S/c1-21-12-9-7-11(8-10-12)15(16(19)17(20)22-2)18-13-5-3-4-6-14(13)23/h3-10,15-16,18-19,23H,1-2H3. The molecule has 6 heteroatoms. The predicted molar refractivity (Wildman–Crippen MR) is 91.1 cm³/mol. The smallest absolute Gasteiger partial charge is 0.337 e. The van der Waals surface area contributed by atoms with Crippen LogP contribution in [0.5, 0.6) is 5.75 Å². The molecule has 0 radical (unpaired) electrons. The minimum absolute atomic E-state index is 0.679. The van der Waals surface area contributed by atoms with Crippen LogP contribution in [0.15, 0.2) is 53.4 Å². The Hall–Kier alpha value is -2.18. The number of esters is 1. The van der Waals surface area contributed by atoms with Crippen LogP contribution in [0.25, 0.3) is 0 Å². The third kappa shape index (κ3) is 4.18. The number of benzene rings is 2. The average Bonchev–Trinajstić information content (AvgIpc) is 2.60. The van der Waals surface area contributed by atoms with Crippen LogP contribution in [-0.2, 0) is 9.53 Å². The van der Waals surface area contributed by atoms with Crippen LogP contribution in [0.2, 0.25) is 0 Å². The summed E-state index contributed by atoms with van der Waals surface area (Å²) in [6.07, 6.45) is -1.36. The second kappa shape index (κ2) is 7.89. The van der Waals surface area contributed by atoms with Crippen molar-refractivity contribution >= 4 is 24.3 Å². The van der Waals surface area contributed by atoms with Gasteiger partial charge in [0.25, 0.3) is 0 Å². The van der Waals surface area contributed by atoms with Gasteiger partial charge in [0.15, 0.2) is 6.10 Å². The third-order valence-corrected chi connectivity index (χ3v) is 3.84. The first-order valence-electron chi connectivity index (χ1n) is 7.01. The highest BCUT2D eigenvalue weighted by atomic mass is 32.1. The number of carbonyl (C=O) groups is 1. The molecule has 2 atom stereocenters. The van der Waals surface area contributed by atoms with Crippen LogP contribution in [0.3, 0.4) is 0 Å². The highest BCUT2D eigenvalue weighted by Crippen LogP contribution is 2.28. The van der Waals surface area contributed by atoms with Gasteiger partial charge in [-0.15, -0.1) is 12.6 Å². The van der Waals surface area contributed by atoms with Crippen molar-refractivity contribution in [3.05, 3.63) is 54.1 Å². The third-order valence-electron chi connectivity index (χ3n) is 3.45. The topological polar surface area (TPSA) is 67.8 Å². The van der Waals surface area contributed by atoms with Gasteiger partial charge in [-0.3, -0.25) is 0 Å². The summed E-state index contributed by atoms with van der Waals surface area (Å²) >= 11 is 4.38. The normalized spacial score (nSPS) is 13.0. The lowest BCUT2D eigenvalue weighted by atomic mass is 10.0. The van der Waals surface area contributed by atoms with Gasteiger partial charge in [0.05, 0.1) is 20.3 Å². The molecule has 0 aliphatic carbocycles. The molecule has 5 nitrogen and oxygen atoms in total. The van der Waals surface area contributed by atoms with E-state index in [0.717, 1.165) is 5.56 Å². The summed E-state index contributed by atoms with van der Waals surface area (Å²) in [5.41, 5.74) is 1.43. The second-order valence-corrected chi connectivity index (χ2v) is 5.36. The largest absolute Gasteiger partial charge is 0.497 e. The van der Waals surface area contributed by atoms with E-state index < -0.39 is 18.1 Å². The molecule has 2 rings (SSSR count). The minimum atomic E-state index is -1.36. The maximum Gasteiger partial charge on any atom is 0.337 e. The summed E-state index contributed by atoms with van der Waals surface area (Å²) < 4.78 is 9.78. The predicted octanol–water partition coefficient (Wildman–Crippen LogP) is 2.67. The van der Waals surface area contributed by atoms with E-state index in [-0.39, 0.29) is 0 Å². The Morgan fingerprint density at radius 3 is 2.35 bits per heavy atom. The fourth-order valence-corrected chi connectivity index (χ4v) is 2.40. The number of carbonyl (C=O) groups excluding carboxylic acids is 1. The molecule has 2 N–H and O–H groups in total. The molecular weight excluding hydrogens is 314 g/mol. The molecule has 0 bridgehead atoms. The van der Waals surface area contributed by atoms with Gasteiger partial charge in [-0.25, -0.2) is 4.79 Å². The van der Waals surface area contributed by atoms with E-state index in [2.05, 4.69) is 22.7 Å². The van der Waals surface area contributed by atoms with E-state index in [1.165, 1.54) is 7.11 Å². The number of ether oxygens (including phenoxy) is 2. The maximum absolute atomic E-state index is 11.8. The van der Waals surface area contributed by atoms with Gasteiger partial charge in [0.2, 0.25) is 0 Å². The van der Waals surface area contributed by atoms with Gasteiger partial charge >= 0.3 is 5.97 Å². The molecule has 0 saturated heterocycles. The number of rotatable bonds is 6. The summed E-state index contributed by atoms with van der Waals surface area (Å²) in [5.74, 6) is -0.0235. The molecule has 2 unspecified atom stereocenters. The highest BCUT2D eigenvalue weighted by molar-refractivity contribution is 7.80. The van der Waals surface area contributed by atoms with Gasteiger partial charge in [-0.2, -0.15) is 0 Å². The number of hydrogen-bond acceptors (Lipinski definition) is 6. The van der Waals surface area contributed by atoms with Crippen LogP contribution in [0.1, 0.15) is 11.6 Å². The SMILES string of the molecule is COC(=O)C(O)C(Nc1ccccc1S)c1ccc(OC)cc1. The van der Waals surface area contributed by atoms with Gasteiger partial charge in [-0.1, -0.05) is 24.3 Å². The highest BCUT2D eigenvalue weighted by Gasteiger charge is 2.28. The monoisotopic (exact) mass is 333 g/mol. The van der Waals surface area contributed by atoms with Crippen molar-refractivity contribution in [2.45, 2.75) is 17.0 Å². The second-order valence-electron chi connectivity index (χ2n) is 4.88. The molecule has 0 heterocycles. The zero-order valence-electron chi connectivity index (χ0n) is 12.9. The van der Waals surface area contributed by atoms with Crippen molar-refractivity contribution in [3.8, 4) is 5.75 Å². The van der Waals surface area contributed by atoms with E-state index in [0.29, 0.717) is 16.3 Å². The number of thiol groups is 1. The zero-order chi connectivity index (χ0) is 16.8. The Labute approximate surface area is 140 Å². The molecule has 2 aromatic rings. The number of anilines is 1. The van der Waals surface area contributed by atoms with Crippen molar-refractivity contribution in [2.75, 3.05) is 19.5 Å². The number of nitrogens with one attached hydrogen (secondary N) is 1. The number of aliphatic hydroxyl groups is 1. The summed E-state index contributed by atoms with van der Waals surface area (Å²) in [6, 6.07) is 13.8. The van der Waals surface area contributed by atoms with E-state index in [9.17, 15) is 9.90 Å². The van der Waals surface area contributed by atoms with Crippen LogP contribution in [0, 0.1) is 0 Å². The van der Waals surface area contributed by atoms with E-state index in [1.54, 1.807) is 31.4 Å².